The molecule has 0 radical (unpaired) electrons. The summed E-state index contributed by atoms with van der Waals surface area (Å²) in [4.78, 5) is 12.9. The minimum absolute atomic E-state index is 0. The summed E-state index contributed by atoms with van der Waals surface area (Å²) >= 11 is 0. The zero-order valence-corrected chi connectivity index (χ0v) is 22.5. The van der Waals surface area contributed by atoms with E-state index in [2.05, 4.69) is 27.9 Å². The maximum Gasteiger partial charge on any atom is 0.314 e. The number of aryl methyl sites for hydroxylation is 1. The number of rotatable bonds is 17. The number of benzene rings is 1. The number of halogens is 1. The Labute approximate surface area is 203 Å². The van der Waals surface area contributed by atoms with E-state index in [1.165, 1.54) is 63.4 Å². The van der Waals surface area contributed by atoms with Gasteiger partial charge in [-0.3, -0.25) is 4.79 Å². The summed E-state index contributed by atoms with van der Waals surface area (Å²) < 4.78 is 6.72. The van der Waals surface area contributed by atoms with E-state index in [0.29, 0.717) is 5.75 Å². The fraction of sp³-hybridized carbons (Fsp3) is 0.741. The van der Waals surface area contributed by atoms with Gasteiger partial charge in [-0.05, 0) is 31.9 Å². The molecular weight excluding hydrogens is 450 g/mol. The smallest absolute Gasteiger partial charge is 0.314 e. The number of quaternary nitrogens is 1. The SMILES string of the molecule is CCCCCCCCCCCC(CC[N+](C)(C)CCC)C(=O)Oc1ccc(C)cc1.[Br-]. The van der Waals surface area contributed by atoms with Gasteiger partial charge in [-0.15, -0.1) is 0 Å². The Morgan fingerprint density at radius 3 is 1.90 bits per heavy atom. The molecule has 4 heteroatoms. The first-order chi connectivity index (χ1) is 14.4. The molecule has 1 rings (SSSR count). The minimum atomic E-state index is -0.0464. The van der Waals surface area contributed by atoms with Crippen LogP contribution in [0.2, 0.25) is 0 Å². The maximum absolute atomic E-state index is 12.9. The first kappa shape index (κ1) is 30.1. The summed E-state index contributed by atoms with van der Waals surface area (Å²) in [5, 5.41) is 0. The highest BCUT2D eigenvalue weighted by Gasteiger charge is 2.24. The van der Waals surface area contributed by atoms with E-state index in [0.717, 1.165) is 36.8 Å². The van der Waals surface area contributed by atoms with Crippen LogP contribution in [0, 0.1) is 12.8 Å². The quantitative estimate of drug-likeness (QED) is 0.138. The molecule has 0 fully saturated rings. The predicted molar refractivity (Wildman–Crippen MR) is 129 cm³/mol. The third kappa shape index (κ3) is 14.7. The summed E-state index contributed by atoms with van der Waals surface area (Å²) in [7, 11) is 4.54. The monoisotopic (exact) mass is 497 g/mol. The van der Waals surface area contributed by atoms with Gasteiger partial charge in [0, 0.05) is 6.42 Å². The molecule has 1 aromatic carbocycles. The maximum atomic E-state index is 12.9. The van der Waals surface area contributed by atoms with E-state index in [4.69, 9.17) is 4.74 Å². The van der Waals surface area contributed by atoms with Crippen molar-refractivity contribution in [1.82, 2.24) is 0 Å². The number of esters is 1. The Morgan fingerprint density at radius 2 is 1.35 bits per heavy atom. The molecule has 0 aliphatic rings. The second kappa shape index (κ2) is 17.7. The lowest BCUT2D eigenvalue weighted by Gasteiger charge is -2.30. The van der Waals surface area contributed by atoms with Crippen molar-refractivity contribution in [2.45, 2.75) is 97.8 Å². The van der Waals surface area contributed by atoms with Gasteiger partial charge in [-0.1, -0.05) is 89.3 Å². The fourth-order valence-corrected chi connectivity index (χ4v) is 4.11. The van der Waals surface area contributed by atoms with E-state index in [9.17, 15) is 4.79 Å². The Hall–Kier alpha value is -0.870. The topological polar surface area (TPSA) is 26.3 Å². The molecule has 0 amide bonds. The lowest BCUT2D eigenvalue weighted by molar-refractivity contribution is -0.890. The van der Waals surface area contributed by atoms with Crippen LogP contribution in [0.5, 0.6) is 5.75 Å². The molecular formula is C27H48BrNO2. The Kier molecular flexibility index (Phi) is 17.2. The van der Waals surface area contributed by atoms with Crippen LogP contribution in [0.25, 0.3) is 0 Å². The van der Waals surface area contributed by atoms with Crippen LogP contribution in [0.15, 0.2) is 24.3 Å². The summed E-state index contributed by atoms with van der Waals surface area (Å²) in [6.07, 6.45) is 14.8. The van der Waals surface area contributed by atoms with E-state index in [1.54, 1.807) is 0 Å². The lowest BCUT2D eigenvalue weighted by atomic mass is 9.96. The van der Waals surface area contributed by atoms with Crippen molar-refractivity contribution in [3.8, 4) is 5.75 Å². The first-order valence-corrected chi connectivity index (χ1v) is 12.5. The molecule has 0 saturated heterocycles. The van der Waals surface area contributed by atoms with E-state index < -0.39 is 0 Å². The van der Waals surface area contributed by atoms with Gasteiger partial charge in [-0.25, -0.2) is 0 Å². The number of unbranched alkanes of at least 4 members (excludes halogenated alkanes) is 8. The number of hydrogen-bond acceptors (Lipinski definition) is 2. The molecule has 1 aromatic rings. The van der Waals surface area contributed by atoms with Gasteiger partial charge in [0.25, 0.3) is 0 Å². The molecule has 0 bridgehead atoms. The molecule has 0 heterocycles. The van der Waals surface area contributed by atoms with Gasteiger partial charge in [0.05, 0.1) is 33.1 Å². The molecule has 3 nitrogen and oxygen atoms in total. The van der Waals surface area contributed by atoms with Crippen molar-refractivity contribution in [2.24, 2.45) is 5.92 Å². The van der Waals surface area contributed by atoms with Crippen molar-refractivity contribution in [3.05, 3.63) is 29.8 Å². The van der Waals surface area contributed by atoms with E-state index in [-0.39, 0.29) is 28.9 Å². The Morgan fingerprint density at radius 1 is 0.806 bits per heavy atom. The molecule has 0 saturated carbocycles. The molecule has 31 heavy (non-hydrogen) atoms. The van der Waals surface area contributed by atoms with Gasteiger partial charge < -0.3 is 26.2 Å². The summed E-state index contributed by atoms with van der Waals surface area (Å²) in [5.41, 5.74) is 1.18. The molecule has 0 aliphatic carbocycles. The largest absolute Gasteiger partial charge is 1.00 e. The van der Waals surface area contributed by atoms with E-state index >= 15 is 0 Å². The molecule has 180 valence electrons. The lowest BCUT2D eigenvalue weighted by Crippen LogP contribution is -3.00. The Balaban J connectivity index is 0.00000900. The fourth-order valence-electron chi connectivity index (χ4n) is 4.11. The highest BCUT2D eigenvalue weighted by atomic mass is 79.9. The van der Waals surface area contributed by atoms with Gasteiger partial charge in [0.15, 0.2) is 0 Å². The average Bonchev–Trinajstić information content (AvgIpc) is 2.70. The summed E-state index contributed by atoms with van der Waals surface area (Å²) in [5.74, 6) is 0.630. The molecule has 0 spiro atoms. The number of nitrogens with zero attached hydrogens (tertiary/aromatic N) is 1. The van der Waals surface area contributed by atoms with Crippen LogP contribution in [-0.4, -0.2) is 37.6 Å². The summed E-state index contributed by atoms with van der Waals surface area (Å²) in [6, 6.07) is 7.80. The van der Waals surface area contributed by atoms with E-state index in [1.807, 2.05) is 31.2 Å². The highest BCUT2D eigenvalue weighted by Crippen LogP contribution is 2.21. The molecule has 1 atom stereocenters. The van der Waals surface area contributed by atoms with Crippen molar-refractivity contribution >= 4 is 5.97 Å². The standard InChI is InChI=1S/C27H48NO2.BrH/c1-6-8-9-10-11-12-13-14-15-16-25(21-23-28(4,5)22-7-2)27(29)30-26-19-17-24(3)18-20-26;/h17-20,25H,6-16,21-23H2,1-5H3;1H/q+1;/p-1. The number of hydrogen-bond donors (Lipinski definition) is 0. The molecule has 0 aromatic heterocycles. The molecule has 0 N–H and O–H groups in total. The third-order valence-corrected chi connectivity index (χ3v) is 6.14. The van der Waals surface area contributed by atoms with Crippen LogP contribution in [0.4, 0.5) is 0 Å². The zero-order valence-electron chi connectivity index (χ0n) is 20.9. The second-order valence-corrected chi connectivity index (χ2v) is 9.72. The van der Waals surface area contributed by atoms with Crippen molar-refractivity contribution in [2.75, 3.05) is 27.2 Å². The predicted octanol–water partition coefficient (Wildman–Crippen LogP) is 4.32. The van der Waals surface area contributed by atoms with Gasteiger partial charge >= 0.3 is 5.97 Å². The average molecular weight is 499 g/mol. The van der Waals surface area contributed by atoms with Crippen LogP contribution in [0.1, 0.15) is 96.5 Å². The van der Waals surface area contributed by atoms with Crippen molar-refractivity contribution in [3.63, 3.8) is 0 Å². The minimum Gasteiger partial charge on any atom is -1.00 e. The van der Waals surface area contributed by atoms with Crippen LogP contribution >= 0.6 is 0 Å². The number of carbonyl (C=O) groups excluding carboxylic acids is 1. The highest BCUT2D eigenvalue weighted by molar-refractivity contribution is 5.75. The third-order valence-electron chi connectivity index (χ3n) is 6.14. The normalized spacial score (nSPS) is 12.3. The van der Waals surface area contributed by atoms with Gasteiger partial charge in [-0.2, -0.15) is 0 Å². The summed E-state index contributed by atoms with van der Waals surface area (Å²) in [6.45, 7) is 8.72. The van der Waals surface area contributed by atoms with Gasteiger partial charge in [0.1, 0.15) is 5.75 Å². The van der Waals surface area contributed by atoms with Crippen molar-refractivity contribution in [1.29, 1.82) is 0 Å². The number of carbonyl (C=O) groups is 1. The number of ether oxygens (including phenoxy) is 1. The first-order valence-electron chi connectivity index (χ1n) is 12.5. The molecule has 0 aliphatic heterocycles. The Bertz CT molecular complexity index is 571. The second-order valence-electron chi connectivity index (χ2n) is 9.72. The van der Waals surface area contributed by atoms with Crippen LogP contribution < -0.4 is 21.7 Å². The van der Waals surface area contributed by atoms with Crippen LogP contribution in [0.3, 0.4) is 0 Å². The molecule has 1 unspecified atom stereocenters. The van der Waals surface area contributed by atoms with Gasteiger partial charge in [0.2, 0.25) is 0 Å². The van der Waals surface area contributed by atoms with Crippen LogP contribution in [-0.2, 0) is 4.79 Å². The van der Waals surface area contributed by atoms with Crippen molar-refractivity contribution < 1.29 is 31.0 Å². The zero-order chi connectivity index (χ0) is 22.2.